The largest absolute Gasteiger partial charge is 0.504 e. The average molecular weight is 456 g/mol. The third-order valence-corrected chi connectivity index (χ3v) is 3.80. The van der Waals surface area contributed by atoms with Crippen LogP contribution >= 0.6 is 0 Å². The molecule has 0 bridgehead atoms. The van der Waals surface area contributed by atoms with Gasteiger partial charge in [-0.1, -0.05) is 25.3 Å². The summed E-state index contributed by atoms with van der Waals surface area (Å²) in [6.45, 7) is 6.09. The predicted octanol–water partition coefficient (Wildman–Crippen LogP) is 2.66. The van der Waals surface area contributed by atoms with Crippen LogP contribution in [0.25, 0.3) is 0 Å². The number of phenols is 2. The van der Waals surface area contributed by atoms with E-state index in [-0.39, 0.29) is 48.6 Å². The number of esters is 2. The van der Waals surface area contributed by atoms with Gasteiger partial charge in [0.1, 0.15) is 13.2 Å². The highest BCUT2D eigenvalue weighted by atomic mass is 17.2. The molecule has 2 N–H and O–H groups in total. The number of hydrogen-bond donors (Lipinski definition) is 2. The van der Waals surface area contributed by atoms with Crippen LogP contribution in [0.2, 0.25) is 0 Å². The molecule has 0 saturated carbocycles. The Kier molecular flexibility index (Phi) is 9.41. The Morgan fingerprint density at radius 1 is 0.879 bits per heavy atom. The Morgan fingerprint density at radius 2 is 1.39 bits per heavy atom. The Balaban J connectivity index is 1.84. The first-order valence-corrected chi connectivity index (χ1v) is 9.29. The molecular weight excluding hydrogens is 436 g/mol. The number of hydrogen-bond acceptors (Lipinski definition) is 10. The number of rotatable bonds is 12. The van der Waals surface area contributed by atoms with Crippen molar-refractivity contribution >= 4 is 17.9 Å². The highest BCUT2D eigenvalue weighted by molar-refractivity contribution is 5.84. The first-order valence-electron chi connectivity index (χ1n) is 9.29. The topological polar surface area (TPSA) is 138 Å². The molecule has 2 rings (SSSR count). The molecule has 2 aromatic rings. The predicted molar refractivity (Wildman–Crippen MR) is 113 cm³/mol. The van der Waals surface area contributed by atoms with Crippen LogP contribution in [0.3, 0.4) is 0 Å². The van der Waals surface area contributed by atoms with Gasteiger partial charge in [-0.15, -0.1) is 0 Å². The van der Waals surface area contributed by atoms with Crippen LogP contribution in [-0.4, -0.2) is 34.7 Å². The quantitative estimate of drug-likeness (QED) is 0.0932. The Labute approximate surface area is 188 Å². The van der Waals surface area contributed by atoms with Crippen molar-refractivity contribution in [2.75, 3.05) is 6.61 Å². The van der Waals surface area contributed by atoms with Gasteiger partial charge in [0, 0.05) is 12.2 Å². The van der Waals surface area contributed by atoms with E-state index in [0.717, 1.165) is 12.2 Å². The SMILES string of the molecule is C=CC(=O)Oc1cc(COCC(=C=O)OOCc2ccc(O)c(OC(=O)C=C)c2)ccc1O. The molecule has 0 saturated heterocycles. The molecule has 10 nitrogen and oxygen atoms in total. The van der Waals surface area contributed by atoms with Crippen LogP contribution in [0.4, 0.5) is 0 Å². The second-order valence-corrected chi connectivity index (χ2v) is 6.22. The van der Waals surface area contributed by atoms with Gasteiger partial charge in [-0.2, -0.15) is 4.89 Å². The zero-order valence-electron chi connectivity index (χ0n) is 17.3. The molecule has 0 aromatic heterocycles. The summed E-state index contributed by atoms with van der Waals surface area (Å²) in [5, 5.41) is 19.4. The smallest absolute Gasteiger partial charge is 0.335 e. The van der Waals surface area contributed by atoms with Crippen molar-refractivity contribution in [1.82, 2.24) is 0 Å². The van der Waals surface area contributed by atoms with Gasteiger partial charge in [0.15, 0.2) is 28.9 Å². The monoisotopic (exact) mass is 456 g/mol. The first-order chi connectivity index (χ1) is 15.9. The van der Waals surface area contributed by atoms with Gasteiger partial charge in [0.25, 0.3) is 5.76 Å². The number of phenolic OH excluding ortho intramolecular Hbond substituents is 2. The summed E-state index contributed by atoms with van der Waals surface area (Å²) in [6.07, 6.45) is 1.90. The number of carbonyl (C=O) groups is 2. The van der Waals surface area contributed by atoms with E-state index in [1.807, 2.05) is 0 Å². The molecule has 0 spiro atoms. The summed E-state index contributed by atoms with van der Waals surface area (Å²) in [5.74, 6) is -0.897. The molecule has 172 valence electrons. The van der Waals surface area contributed by atoms with Gasteiger partial charge in [-0.25, -0.2) is 14.4 Å². The number of ether oxygens (including phenoxy) is 3. The summed E-state index contributed by atoms with van der Waals surface area (Å²) in [6, 6.07) is 8.37. The highest BCUT2D eigenvalue weighted by Crippen LogP contribution is 2.28. The molecule has 10 heteroatoms. The van der Waals surface area contributed by atoms with Crippen molar-refractivity contribution in [2.24, 2.45) is 0 Å². The van der Waals surface area contributed by atoms with Gasteiger partial charge in [-0.3, -0.25) is 0 Å². The lowest BCUT2D eigenvalue weighted by molar-refractivity contribution is -0.275. The zero-order chi connectivity index (χ0) is 24.2. The van der Waals surface area contributed by atoms with Crippen molar-refractivity contribution in [3.05, 3.63) is 78.6 Å². The molecule has 0 aliphatic heterocycles. The fourth-order valence-electron chi connectivity index (χ4n) is 2.26. The Bertz CT molecular complexity index is 1000. The van der Waals surface area contributed by atoms with E-state index >= 15 is 0 Å². The molecule has 0 amide bonds. The van der Waals surface area contributed by atoms with Crippen LogP contribution in [0.1, 0.15) is 11.1 Å². The van der Waals surface area contributed by atoms with Crippen molar-refractivity contribution < 1.29 is 48.6 Å². The summed E-state index contributed by atoms with van der Waals surface area (Å²) >= 11 is 0. The third-order valence-electron chi connectivity index (χ3n) is 3.80. The van der Waals surface area contributed by atoms with Crippen molar-refractivity contribution in [3.8, 4) is 23.0 Å². The molecule has 0 radical (unpaired) electrons. The Morgan fingerprint density at radius 3 is 1.88 bits per heavy atom. The molecule has 33 heavy (non-hydrogen) atoms. The van der Waals surface area contributed by atoms with E-state index in [9.17, 15) is 24.6 Å². The number of aromatic hydroxyl groups is 2. The second-order valence-electron chi connectivity index (χ2n) is 6.22. The number of carbonyl (C=O) groups excluding carboxylic acids is 3. The van der Waals surface area contributed by atoms with Gasteiger partial charge >= 0.3 is 11.9 Å². The summed E-state index contributed by atoms with van der Waals surface area (Å²) in [5.41, 5.74) is 1.01. The zero-order valence-corrected chi connectivity index (χ0v) is 17.3. The van der Waals surface area contributed by atoms with Crippen LogP contribution < -0.4 is 9.47 Å². The lowest BCUT2D eigenvalue weighted by Gasteiger charge is -2.10. The molecule has 0 aliphatic carbocycles. The van der Waals surface area contributed by atoms with Crippen molar-refractivity contribution in [1.29, 1.82) is 0 Å². The molecule has 0 atom stereocenters. The maximum Gasteiger partial charge on any atom is 0.335 e. The lowest BCUT2D eigenvalue weighted by Crippen LogP contribution is -2.06. The molecule has 2 aromatic carbocycles. The second kappa shape index (κ2) is 12.5. The highest BCUT2D eigenvalue weighted by Gasteiger charge is 2.10. The van der Waals surface area contributed by atoms with Gasteiger partial charge in [0.2, 0.25) is 0 Å². The molecule has 0 unspecified atom stereocenters. The van der Waals surface area contributed by atoms with E-state index in [0.29, 0.717) is 11.1 Å². The maximum absolute atomic E-state index is 11.3. The normalized spacial score (nSPS) is 9.94. The van der Waals surface area contributed by atoms with Crippen LogP contribution in [0, 0.1) is 0 Å². The van der Waals surface area contributed by atoms with Gasteiger partial charge in [0.05, 0.1) is 6.61 Å². The molecular formula is C23H20O10. The maximum atomic E-state index is 11.3. The minimum atomic E-state index is -0.748. The summed E-state index contributed by atoms with van der Waals surface area (Å²) < 4.78 is 15.1. The Hall–Kier alpha value is -4.37. The van der Waals surface area contributed by atoms with Crippen LogP contribution in [0.5, 0.6) is 23.0 Å². The average Bonchev–Trinajstić information content (AvgIpc) is 2.81. The lowest BCUT2D eigenvalue weighted by atomic mass is 10.2. The first kappa shape index (κ1) is 24.9. The third kappa shape index (κ3) is 8.00. The van der Waals surface area contributed by atoms with E-state index in [4.69, 9.17) is 24.0 Å². The van der Waals surface area contributed by atoms with Gasteiger partial charge in [-0.05, 0) is 35.4 Å². The number of benzene rings is 2. The van der Waals surface area contributed by atoms with Crippen molar-refractivity contribution in [3.63, 3.8) is 0 Å². The van der Waals surface area contributed by atoms with Gasteiger partial charge < -0.3 is 29.3 Å². The van der Waals surface area contributed by atoms with E-state index in [2.05, 4.69) is 13.2 Å². The van der Waals surface area contributed by atoms with Crippen LogP contribution in [-0.2, 0) is 42.1 Å². The fourth-order valence-corrected chi connectivity index (χ4v) is 2.26. The molecule has 0 heterocycles. The standard InChI is InChI=1S/C23H20O10/c1-3-22(27)31-20-9-15(5-7-18(20)25)12-29-14-17(11-24)33-30-13-16-6-8-19(26)21(10-16)32-23(28)4-2/h3-10,25-26H,1-2,12-14H2. The minimum absolute atomic E-state index is 0.0105. The van der Waals surface area contributed by atoms with E-state index in [1.165, 1.54) is 42.3 Å². The van der Waals surface area contributed by atoms with E-state index < -0.39 is 11.9 Å². The molecule has 0 fully saturated rings. The fraction of sp³-hybridized carbons (Fsp3) is 0.130. The minimum Gasteiger partial charge on any atom is -0.504 e. The summed E-state index contributed by atoms with van der Waals surface area (Å²) in [7, 11) is 0. The molecule has 0 aliphatic rings. The van der Waals surface area contributed by atoms with Crippen LogP contribution in [0.15, 0.2) is 67.5 Å². The van der Waals surface area contributed by atoms with Crippen molar-refractivity contribution in [2.45, 2.75) is 13.2 Å². The van der Waals surface area contributed by atoms with E-state index in [1.54, 1.807) is 0 Å². The summed E-state index contributed by atoms with van der Waals surface area (Å²) in [4.78, 5) is 43.5.